The highest BCUT2D eigenvalue weighted by Gasteiger charge is 2.33. The molecule has 3 nitrogen and oxygen atoms in total. The van der Waals surface area contributed by atoms with Crippen molar-refractivity contribution in [3.05, 3.63) is 0 Å². The molecule has 21 heavy (non-hydrogen) atoms. The number of unbranched alkanes of at least 4 members (excludes halogenated alkanes) is 1. The van der Waals surface area contributed by atoms with Gasteiger partial charge in [-0.25, -0.2) is 0 Å². The molecule has 0 aromatic heterocycles. The van der Waals surface area contributed by atoms with Gasteiger partial charge in [0, 0.05) is 12.8 Å². The van der Waals surface area contributed by atoms with Crippen LogP contribution in [0.2, 0.25) is 0 Å². The van der Waals surface area contributed by atoms with Crippen LogP contribution in [0.15, 0.2) is 0 Å². The minimum atomic E-state index is -0.0849. The minimum absolute atomic E-state index is 0. The molecule has 0 heterocycles. The number of ether oxygens (including phenoxy) is 1. The lowest BCUT2D eigenvalue weighted by atomic mass is 9.75. The van der Waals surface area contributed by atoms with Gasteiger partial charge in [0.05, 0.1) is 0 Å². The van der Waals surface area contributed by atoms with Crippen molar-refractivity contribution in [3.63, 3.8) is 0 Å². The maximum atomic E-state index is 11.9. The molecule has 124 valence electrons. The van der Waals surface area contributed by atoms with Crippen molar-refractivity contribution in [2.75, 3.05) is 0 Å². The summed E-state index contributed by atoms with van der Waals surface area (Å²) in [6.07, 6.45) is 6.08. The van der Waals surface area contributed by atoms with Crippen molar-refractivity contribution < 1.29 is 14.3 Å². The Bertz CT molecular complexity index is 328. The monoisotopic (exact) mass is 316 g/mol. The quantitative estimate of drug-likeness (QED) is 0.521. The Morgan fingerprint density at radius 2 is 1.76 bits per heavy atom. The molecule has 4 heteroatoms. The molecule has 3 atom stereocenters. The largest absolute Gasteiger partial charge is 0.462 e. The standard InChI is InChI=1S/C17H30O3.H2S/c1-12(2)15-10-9-13(3)11-16(15)20-17(19)8-6-5-7-14(4)18;/h12-13,15-16H,5-11H2,1-4H3;1H2/t13-,15+,16-;/m1./s1. The van der Waals surface area contributed by atoms with Crippen LogP contribution in [0.3, 0.4) is 0 Å². The summed E-state index contributed by atoms with van der Waals surface area (Å²) in [7, 11) is 0. The van der Waals surface area contributed by atoms with E-state index < -0.39 is 0 Å². The molecule has 0 radical (unpaired) electrons. The van der Waals surface area contributed by atoms with Gasteiger partial charge in [-0.2, -0.15) is 13.5 Å². The fourth-order valence-electron chi connectivity index (χ4n) is 3.12. The molecule has 0 bridgehead atoms. The molecule has 0 aromatic carbocycles. The Hall–Kier alpha value is -0.510. The van der Waals surface area contributed by atoms with Crippen LogP contribution < -0.4 is 0 Å². The molecule has 1 aliphatic rings. The maximum Gasteiger partial charge on any atom is 0.306 e. The number of hydrogen-bond acceptors (Lipinski definition) is 3. The zero-order valence-corrected chi connectivity index (χ0v) is 15.0. The highest BCUT2D eigenvalue weighted by molar-refractivity contribution is 7.59. The van der Waals surface area contributed by atoms with Crippen LogP contribution in [0.1, 0.15) is 72.6 Å². The van der Waals surface area contributed by atoms with Crippen LogP contribution in [-0.2, 0) is 14.3 Å². The predicted molar refractivity (Wildman–Crippen MR) is 90.8 cm³/mol. The molecule has 1 aliphatic carbocycles. The Kier molecular flexibility index (Phi) is 10.0. The van der Waals surface area contributed by atoms with Crippen LogP contribution in [0, 0.1) is 17.8 Å². The zero-order chi connectivity index (χ0) is 15.1. The summed E-state index contributed by atoms with van der Waals surface area (Å²) < 4.78 is 5.72. The molecule has 1 fully saturated rings. The third kappa shape index (κ3) is 7.89. The van der Waals surface area contributed by atoms with Crippen molar-refractivity contribution in [3.8, 4) is 0 Å². The average molecular weight is 317 g/mol. The fraction of sp³-hybridized carbons (Fsp3) is 0.882. The van der Waals surface area contributed by atoms with E-state index in [1.165, 1.54) is 12.8 Å². The molecular weight excluding hydrogens is 284 g/mol. The minimum Gasteiger partial charge on any atom is -0.462 e. The zero-order valence-electron chi connectivity index (χ0n) is 14.0. The predicted octanol–water partition coefficient (Wildman–Crippen LogP) is 4.25. The van der Waals surface area contributed by atoms with Crippen molar-refractivity contribution >= 4 is 25.2 Å². The molecule has 0 aliphatic heterocycles. The number of carbonyl (C=O) groups is 2. The molecule has 0 saturated heterocycles. The molecular formula is C17H32O3S. The van der Waals surface area contributed by atoms with E-state index in [0.717, 1.165) is 19.3 Å². The van der Waals surface area contributed by atoms with Crippen molar-refractivity contribution in [1.29, 1.82) is 0 Å². The summed E-state index contributed by atoms with van der Waals surface area (Å²) in [6.45, 7) is 8.27. The molecule has 0 N–H and O–H groups in total. The topological polar surface area (TPSA) is 43.4 Å². The smallest absolute Gasteiger partial charge is 0.306 e. The van der Waals surface area contributed by atoms with E-state index in [0.29, 0.717) is 30.6 Å². The number of hydrogen-bond donors (Lipinski definition) is 0. The van der Waals surface area contributed by atoms with Gasteiger partial charge in [-0.1, -0.05) is 27.2 Å². The van der Waals surface area contributed by atoms with Gasteiger partial charge >= 0.3 is 5.97 Å². The van der Waals surface area contributed by atoms with Crippen LogP contribution in [-0.4, -0.2) is 17.9 Å². The molecule has 0 unspecified atom stereocenters. The second-order valence-corrected chi connectivity index (χ2v) is 6.76. The normalized spacial score (nSPS) is 25.3. The van der Waals surface area contributed by atoms with Gasteiger partial charge in [-0.3, -0.25) is 4.79 Å². The first-order valence-corrected chi connectivity index (χ1v) is 8.09. The van der Waals surface area contributed by atoms with Crippen LogP contribution in [0.5, 0.6) is 0 Å². The maximum absolute atomic E-state index is 11.9. The first-order valence-electron chi connectivity index (χ1n) is 8.09. The van der Waals surface area contributed by atoms with Gasteiger partial charge in [0.25, 0.3) is 0 Å². The van der Waals surface area contributed by atoms with Gasteiger partial charge in [-0.05, 0) is 50.4 Å². The van der Waals surface area contributed by atoms with Crippen molar-refractivity contribution in [2.24, 2.45) is 17.8 Å². The summed E-state index contributed by atoms with van der Waals surface area (Å²) >= 11 is 0. The van der Waals surface area contributed by atoms with Gasteiger partial charge < -0.3 is 9.53 Å². The first-order chi connectivity index (χ1) is 9.40. The molecule has 1 saturated carbocycles. The van der Waals surface area contributed by atoms with Gasteiger partial charge in [0.15, 0.2) is 0 Å². The fourth-order valence-corrected chi connectivity index (χ4v) is 3.12. The van der Waals surface area contributed by atoms with E-state index in [1.807, 2.05) is 0 Å². The molecule has 0 aromatic rings. The van der Waals surface area contributed by atoms with Crippen molar-refractivity contribution in [1.82, 2.24) is 0 Å². The van der Waals surface area contributed by atoms with Gasteiger partial charge in [0.1, 0.15) is 11.9 Å². The highest BCUT2D eigenvalue weighted by atomic mass is 32.1. The third-order valence-electron chi connectivity index (χ3n) is 4.40. The second kappa shape index (κ2) is 10.3. The Morgan fingerprint density at radius 1 is 1.14 bits per heavy atom. The number of Topliss-reactive ketones (excluding diaryl/α,β-unsaturated/α-hetero) is 1. The first kappa shape index (κ1) is 20.5. The van der Waals surface area contributed by atoms with Crippen LogP contribution in [0.25, 0.3) is 0 Å². The van der Waals surface area contributed by atoms with E-state index in [1.54, 1.807) is 6.92 Å². The molecule has 0 spiro atoms. The lowest BCUT2D eigenvalue weighted by Gasteiger charge is -2.36. The van der Waals surface area contributed by atoms with E-state index in [4.69, 9.17) is 4.74 Å². The summed E-state index contributed by atoms with van der Waals surface area (Å²) in [5, 5.41) is 0. The van der Waals surface area contributed by atoms with Gasteiger partial charge in [0.2, 0.25) is 0 Å². The lowest BCUT2D eigenvalue weighted by Crippen LogP contribution is -2.35. The Labute approximate surface area is 136 Å². The number of esters is 1. The SMILES string of the molecule is CC(=O)CCCCC(=O)O[C@@H]1C[C@H](C)CC[C@H]1C(C)C.S. The summed E-state index contributed by atoms with van der Waals surface area (Å²) in [6, 6.07) is 0. The number of ketones is 1. The van der Waals surface area contributed by atoms with E-state index in [9.17, 15) is 9.59 Å². The van der Waals surface area contributed by atoms with E-state index in [2.05, 4.69) is 20.8 Å². The highest BCUT2D eigenvalue weighted by Crippen LogP contribution is 2.35. The number of carbonyl (C=O) groups excluding carboxylic acids is 2. The molecule has 1 rings (SSSR count). The third-order valence-corrected chi connectivity index (χ3v) is 4.40. The Balaban J connectivity index is 0.00000400. The summed E-state index contributed by atoms with van der Waals surface area (Å²) in [5.74, 6) is 1.84. The summed E-state index contributed by atoms with van der Waals surface area (Å²) in [5.41, 5.74) is 0. The van der Waals surface area contributed by atoms with E-state index >= 15 is 0 Å². The summed E-state index contributed by atoms with van der Waals surface area (Å²) in [4.78, 5) is 22.8. The van der Waals surface area contributed by atoms with Gasteiger partial charge in [-0.15, -0.1) is 0 Å². The number of rotatable bonds is 7. The van der Waals surface area contributed by atoms with Crippen molar-refractivity contribution in [2.45, 2.75) is 78.7 Å². The average Bonchev–Trinajstić information content (AvgIpc) is 2.34. The van der Waals surface area contributed by atoms with Crippen LogP contribution in [0.4, 0.5) is 0 Å². The lowest BCUT2D eigenvalue weighted by molar-refractivity contribution is -0.156. The Morgan fingerprint density at radius 3 is 2.33 bits per heavy atom. The molecule has 0 amide bonds. The van der Waals surface area contributed by atoms with E-state index in [-0.39, 0.29) is 31.4 Å². The van der Waals surface area contributed by atoms with Crippen LogP contribution >= 0.6 is 13.5 Å². The second-order valence-electron chi connectivity index (χ2n) is 6.76.